The first-order chi connectivity index (χ1) is 24.0. The minimum absolute atomic E-state index is 0.0158. The first kappa shape index (κ1) is 49.5. The Morgan fingerprint density at radius 2 is 0.980 bits per heavy atom. The Hall–Kier alpha value is -0.500. The monoisotopic (exact) mass is 733 g/mol. The van der Waals surface area contributed by atoms with E-state index in [4.69, 9.17) is 9.05 Å². The Kier molecular flexibility index (Phi) is 33.9. The van der Waals surface area contributed by atoms with Crippen molar-refractivity contribution < 1.29 is 32.9 Å². The minimum atomic E-state index is -4.55. The molecule has 1 unspecified atom stereocenters. The molecular formula is C41H85N2O6P. The molecule has 300 valence electrons. The van der Waals surface area contributed by atoms with Crippen LogP contribution in [0.15, 0.2) is 0 Å². The molecule has 0 aromatic carbocycles. The third kappa shape index (κ3) is 35.9. The number of likely N-dealkylation sites (N-methyl/N-ethyl adjacent to an activating group) is 1. The summed E-state index contributed by atoms with van der Waals surface area (Å²) in [6.45, 7) is 4.72. The number of phosphoric ester groups is 1. The van der Waals surface area contributed by atoms with Crippen LogP contribution in [-0.4, -0.2) is 68.5 Å². The Morgan fingerprint density at radius 1 is 0.620 bits per heavy atom. The highest BCUT2D eigenvalue weighted by atomic mass is 31.2. The van der Waals surface area contributed by atoms with Crippen LogP contribution in [0.4, 0.5) is 0 Å². The fraction of sp³-hybridized carbons (Fsp3) is 0.976. The molecule has 0 radical (unpaired) electrons. The molecule has 9 heteroatoms. The summed E-state index contributed by atoms with van der Waals surface area (Å²) in [5, 5.41) is 13.9. The van der Waals surface area contributed by atoms with Crippen LogP contribution in [0.5, 0.6) is 0 Å². The number of hydrogen-bond acceptors (Lipinski definition) is 6. The third-order valence-corrected chi connectivity index (χ3v) is 10.8. The summed E-state index contributed by atoms with van der Waals surface area (Å²) in [5.74, 6) is -0.164. The summed E-state index contributed by atoms with van der Waals surface area (Å²) in [5.41, 5.74) is 0. The van der Waals surface area contributed by atoms with Gasteiger partial charge in [0.2, 0.25) is 5.91 Å². The molecule has 0 fully saturated rings. The molecule has 0 aliphatic heterocycles. The second kappa shape index (κ2) is 34.3. The molecule has 1 amide bonds. The fourth-order valence-corrected chi connectivity index (χ4v) is 7.12. The number of carbonyl (C=O) groups is 1. The summed E-state index contributed by atoms with van der Waals surface area (Å²) in [7, 11) is 1.31. The Balaban J connectivity index is 4.34. The average molecular weight is 733 g/mol. The van der Waals surface area contributed by atoms with Crippen molar-refractivity contribution in [2.45, 2.75) is 219 Å². The van der Waals surface area contributed by atoms with Gasteiger partial charge in [-0.15, -0.1) is 0 Å². The summed E-state index contributed by atoms with van der Waals surface area (Å²) >= 11 is 0. The van der Waals surface area contributed by atoms with Gasteiger partial charge in [-0.3, -0.25) is 9.36 Å². The van der Waals surface area contributed by atoms with E-state index in [9.17, 15) is 19.4 Å². The zero-order valence-corrected chi connectivity index (χ0v) is 34.8. The summed E-state index contributed by atoms with van der Waals surface area (Å²) in [6, 6.07) is -0.791. The van der Waals surface area contributed by atoms with Crippen LogP contribution in [0, 0.1) is 0 Å². The third-order valence-electron chi connectivity index (χ3n) is 9.85. The molecule has 0 heterocycles. The lowest BCUT2D eigenvalue weighted by Crippen LogP contribution is -2.46. The van der Waals surface area contributed by atoms with Gasteiger partial charge < -0.3 is 28.8 Å². The van der Waals surface area contributed by atoms with Gasteiger partial charge in [-0.05, 0) is 12.8 Å². The van der Waals surface area contributed by atoms with Gasteiger partial charge in [-0.2, -0.15) is 0 Å². The summed E-state index contributed by atoms with van der Waals surface area (Å²) in [4.78, 5) is 25.2. The number of hydrogen-bond donors (Lipinski definition) is 2. The molecule has 0 aliphatic carbocycles. The maximum atomic E-state index is 12.8. The van der Waals surface area contributed by atoms with E-state index in [1.54, 1.807) is 0 Å². The molecule has 0 bridgehead atoms. The van der Waals surface area contributed by atoms with Crippen LogP contribution in [0.25, 0.3) is 0 Å². The SMILES string of the molecule is CCCCCCCCCCCCCCCCCCC[C@@H](O)[C@H](COP(=O)([O-])OCC[N+](C)(C)C)NC(=O)CCCCCCCCCCCCC. The van der Waals surface area contributed by atoms with E-state index in [2.05, 4.69) is 19.2 Å². The van der Waals surface area contributed by atoms with Crippen molar-refractivity contribution in [3.8, 4) is 0 Å². The Bertz CT molecular complexity index is 794. The lowest BCUT2D eigenvalue weighted by Gasteiger charge is -2.30. The van der Waals surface area contributed by atoms with E-state index in [1.807, 2.05) is 21.1 Å². The summed E-state index contributed by atoms with van der Waals surface area (Å²) in [6.07, 6.45) is 35.3. The minimum Gasteiger partial charge on any atom is -0.756 e. The first-order valence-electron chi connectivity index (χ1n) is 21.4. The Labute approximate surface area is 310 Å². The second-order valence-electron chi connectivity index (χ2n) is 16.1. The van der Waals surface area contributed by atoms with Crippen molar-refractivity contribution in [2.75, 3.05) is 40.9 Å². The van der Waals surface area contributed by atoms with Crippen molar-refractivity contribution in [3.05, 3.63) is 0 Å². The number of unbranched alkanes of at least 4 members (excludes halogenated alkanes) is 26. The lowest BCUT2D eigenvalue weighted by molar-refractivity contribution is -0.870. The number of carbonyl (C=O) groups excluding carboxylic acids is 1. The van der Waals surface area contributed by atoms with Crippen molar-refractivity contribution >= 4 is 13.7 Å². The molecule has 0 aromatic heterocycles. The van der Waals surface area contributed by atoms with Gasteiger partial charge in [-0.1, -0.05) is 187 Å². The van der Waals surface area contributed by atoms with E-state index < -0.39 is 20.0 Å². The van der Waals surface area contributed by atoms with Crippen LogP contribution in [0.2, 0.25) is 0 Å². The van der Waals surface area contributed by atoms with Crippen molar-refractivity contribution in [1.29, 1.82) is 0 Å². The number of nitrogens with one attached hydrogen (secondary N) is 1. The number of aliphatic hydroxyl groups excluding tert-OH is 1. The van der Waals surface area contributed by atoms with Crippen LogP contribution in [0.1, 0.15) is 206 Å². The van der Waals surface area contributed by atoms with E-state index >= 15 is 0 Å². The fourth-order valence-electron chi connectivity index (χ4n) is 6.39. The highest BCUT2D eigenvalue weighted by Crippen LogP contribution is 2.38. The molecule has 0 spiro atoms. The van der Waals surface area contributed by atoms with Gasteiger partial charge in [0.25, 0.3) is 7.82 Å². The van der Waals surface area contributed by atoms with Gasteiger partial charge in [0.15, 0.2) is 0 Å². The topological polar surface area (TPSA) is 108 Å². The van der Waals surface area contributed by atoms with Crippen LogP contribution in [-0.2, 0) is 18.4 Å². The van der Waals surface area contributed by atoms with Crippen LogP contribution in [0.3, 0.4) is 0 Å². The number of rotatable bonds is 39. The van der Waals surface area contributed by atoms with Crippen LogP contribution < -0.4 is 10.2 Å². The summed E-state index contributed by atoms with van der Waals surface area (Å²) < 4.78 is 23.2. The second-order valence-corrected chi connectivity index (χ2v) is 17.5. The molecule has 0 aliphatic rings. The van der Waals surface area contributed by atoms with Crippen molar-refractivity contribution in [2.24, 2.45) is 0 Å². The van der Waals surface area contributed by atoms with E-state index in [0.717, 1.165) is 38.5 Å². The molecule has 0 rings (SSSR count). The van der Waals surface area contributed by atoms with Gasteiger partial charge in [0, 0.05) is 6.42 Å². The zero-order valence-electron chi connectivity index (χ0n) is 33.9. The predicted octanol–water partition coefficient (Wildman–Crippen LogP) is 10.8. The molecule has 0 saturated carbocycles. The number of aliphatic hydroxyl groups is 1. The van der Waals surface area contributed by atoms with Crippen molar-refractivity contribution in [1.82, 2.24) is 5.32 Å². The standard InChI is InChI=1S/C41H85N2O6P/c1-6-8-10-12-14-16-18-19-20-21-22-23-25-26-28-30-32-34-40(44)39(38-49-50(46,47)48-37-36-43(3,4)5)42-41(45)35-33-31-29-27-24-17-15-13-11-9-7-2/h39-40,44H,6-38H2,1-5H3,(H-,42,45,46,47)/t39-,40+/m0/s1. The number of phosphoric acid groups is 1. The van der Waals surface area contributed by atoms with Gasteiger partial charge in [-0.25, -0.2) is 0 Å². The highest BCUT2D eigenvalue weighted by molar-refractivity contribution is 7.45. The largest absolute Gasteiger partial charge is 0.756 e. The molecule has 2 N–H and O–H groups in total. The van der Waals surface area contributed by atoms with E-state index in [0.29, 0.717) is 23.9 Å². The molecule has 50 heavy (non-hydrogen) atoms. The molecular weight excluding hydrogens is 647 g/mol. The lowest BCUT2D eigenvalue weighted by atomic mass is 10.0. The predicted molar refractivity (Wildman–Crippen MR) is 210 cm³/mol. The number of quaternary nitrogens is 1. The van der Waals surface area contributed by atoms with Gasteiger partial charge in [0.1, 0.15) is 13.2 Å². The molecule has 8 nitrogen and oxygen atoms in total. The van der Waals surface area contributed by atoms with E-state index in [-0.39, 0.29) is 19.1 Å². The highest BCUT2D eigenvalue weighted by Gasteiger charge is 2.24. The number of amides is 1. The Morgan fingerprint density at radius 3 is 1.36 bits per heavy atom. The average Bonchev–Trinajstić information content (AvgIpc) is 3.06. The van der Waals surface area contributed by atoms with Gasteiger partial charge in [0.05, 0.1) is 39.9 Å². The smallest absolute Gasteiger partial charge is 0.268 e. The van der Waals surface area contributed by atoms with Gasteiger partial charge >= 0.3 is 0 Å². The van der Waals surface area contributed by atoms with Crippen LogP contribution >= 0.6 is 7.82 Å². The van der Waals surface area contributed by atoms with Crippen molar-refractivity contribution in [3.63, 3.8) is 0 Å². The number of nitrogens with zero attached hydrogens (tertiary/aromatic N) is 1. The molecule has 0 aromatic rings. The maximum absolute atomic E-state index is 12.8. The molecule has 3 atom stereocenters. The quantitative estimate of drug-likeness (QED) is 0.0370. The maximum Gasteiger partial charge on any atom is 0.268 e. The first-order valence-corrected chi connectivity index (χ1v) is 22.8. The zero-order chi connectivity index (χ0) is 37.2. The molecule has 0 saturated heterocycles. The van der Waals surface area contributed by atoms with E-state index in [1.165, 1.54) is 141 Å². The normalized spacial score (nSPS) is 14.5.